The second-order valence-electron chi connectivity index (χ2n) is 5.98. The molecule has 1 aliphatic rings. The summed E-state index contributed by atoms with van der Waals surface area (Å²) in [4.78, 5) is 2.54. The van der Waals surface area contributed by atoms with Gasteiger partial charge in [-0.25, -0.2) is 0 Å². The van der Waals surface area contributed by atoms with Gasteiger partial charge in [-0.2, -0.15) is 0 Å². The fourth-order valence-corrected chi connectivity index (χ4v) is 2.26. The van der Waals surface area contributed by atoms with Gasteiger partial charge in [-0.15, -0.1) is 0 Å². The van der Waals surface area contributed by atoms with Crippen molar-refractivity contribution in [2.24, 2.45) is 5.92 Å². The maximum Gasteiger partial charge on any atom is 0.0589 e. The van der Waals surface area contributed by atoms with Crippen molar-refractivity contribution in [1.29, 1.82) is 0 Å². The monoisotopic (exact) mass is 256 g/mol. The number of hydrogen-bond acceptors (Lipinski definition) is 3. The minimum atomic E-state index is 0.749. The number of hydrogen-bond donors (Lipinski definition) is 1. The van der Waals surface area contributed by atoms with Crippen molar-refractivity contribution in [1.82, 2.24) is 10.2 Å². The van der Waals surface area contributed by atoms with Crippen molar-refractivity contribution in [2.45, 2.75) is 52.0 Å². The Balaban J connectivity index is 1.96. The lowest BCUT2D eigenvalue weighted by molar-refractivity contribution is 0.138. The Morgan fingerprint density at radius 3 is 2.56 bits per heavy atom. The zero-order valence-corrected chi connectivity index (χ0v) is 12.6. The molecular weight excluding hydrogens is 224 g/mol. The molecule has 0 aromatic heterocycles. The summed E-state index contributed by atoms with van der Waals surface area (Å²) in [5, 5.41) is 3.58. The smallest absolute Gasteiger partial charge is 0.0589 e. The first kappa shape index (κ1) is 15.9. The van der Waals surface area contributed by atoms with Gasteiger partial charge in [-0.05, 0) is 44.7 Å². The van der Waals surface area contributed by atoms with Gasteiger partial charge in [0.15, 0.2) is 0 Å². The second-order valence-corrected chi connectivity index (χ2v) is 5.98. The molecular formula is C15H32N2O. The molecule has 1 N–H and O–H groups in total. The summed E-state index contributed by atoms with van der Waals surface area (Å²) in [6, 6.07) is 0.865. The lowest BCUT2D eigenvalue weighted by Crippen LogP contribution is -2.32. The first-order chi connectivity index (χ1) is 8.72. The average molecular weight is 256 g/mol. The quantitative estimate of drug-likeness (QED) is 0.543. The number of ether oxygens (including phenoxy) is 1. The molecule has 0 radical (unpaired) electrons. The molecule has 0 spiro atoms. The summed E-state index contributed by atoms with van der Waals surface area (Å²) < 4.78 is 5.18. The first-order valence-electron chi connectivity index (χ1n) is 7.67. The van der Waals surface area contributed by atoms with Gasteiger partial charge in [0.1, 0.15) is 0 Å². The average Bonchev–Trinajstić information content (AvgIpc) is 3.13. The summed E-state index contributed by atoms with van der Waals surface area (Å²) in [5.41, 5.74) is 0. The lowest BCUT2D eigenvalue weighted by Gasteiger charge is -2.23. The molecule has 1 aliphatic carbocycles. The molecule has 0 aliphatic heterocycles. The summed E-state index contributed by atoms with van der Waals surface area (Å²) in [6.45, 7) is 10.2. The molecule has 3 nitrogen and oxygen atoms in total. The third kappa shape index (κ3) is 8.90. The van der Waals surface area contributed by atoms with Crippen LogP contribution < -0.4 is 5.32 Å². The molecule has 1 rings (SSSR count). The van der Waals surface area contributed by atoms with Crippen LogP contribution in [0.5, 0.6) is 0 Å². The highest BCUT2D eigenvalue weighted by Crippen LogP contribution is 2.18. The molecule has 18 heavy (non-hydrogen) atoms. The van der Waals surface area contributed by atoms with Crippen LogP contribution in [-0.2, 0) is 4.74 Å². The number of nitrogens with zero attached hydrogens (tertiary/aromatic N) is 1. The molecule has 1 fully saturated rings. The van der Waals surface area contributed by atoms with E-state index in [0.29, 0.717) is 0 Å². The van der Waals surface area contributed by atoms with Crippen molar-refractivity contribution in [3.63, 3.8) is 0 Å². The van der Waals surface area contributed by atoms with E-state index in [9.17, 15) is 0 Å². The van der Waals surface area contributed by atoms with Crippen molar-refractivity contribution >= 4 is 0 Å². The molecule has 0 amide bonds. The number of unbranched alkanes of at least 4 members (excludes halogenated alkanes) is 2. The van der Waals surface area contributed by atoms with Gasteiger partial charge in [0, 0.05) is 26.2 Å². The predicted octanol–water partition coefficient (Wildman–Crippen LogP) is 2.51. The van der Waals surface area contributed by atoms with Crippen molar-refractivity contribution in [3.8, 4) is 0 Å². The van der Waals surface area contributed by atoms with Crippen molar-refractivity contribution < 1.29 is 4.74 Å². The van der Waals surface area contributed by atoms with Gasteiger partial charge in [0.05, 0.1) is 6.61 Å². The number of methoxy groups -OCH3 is 1. The van der Waals surface area contributed by atoms with E-state index in [1.54, 1.807) is 7.11 Å². The van der Waals surface area contributed by atoms with E-state index in [0.717, 1.165) is 25.1 Å². The highest BCUT2D eigenvalue weighted by Gasteiger charge is 2.19. The van der Waals surface area contributed by atoms with Crippen LogP contribution in [0.2, 0.25) is 0 Å². The Morgan fingerprint density at radius 1 is 1.17 bits per heavy atom. The molecule has 3 heteroatoms. The minimum absolute atomic E-state index is 0.749. The van der Waals surface area contributed by atoms with Crippen LogP contribution in [0.4, 0.5) is 0 Å². The Morgan fingerprint density at radius 2 is 1.94 bits per heavy atom. The van der Waals surface area contributed by atoms with E-state index in [4.69, 9.17) is 4.74 Å². The first-order valence-corrected chi connectivity index (χ1v) is 7.67. The zero-order valence-electron chi connectivity index (χ0n) is 12.6. The van der Waals surface area contributed by atoms with E-state index in [1.807, 2.05) is 0 Å². The van der Waals surface area contributed by atoms with Crippen LogP contribution in [0.25, 0.3) is 0 Å². The van der Waals surface area contributed by atoms with Gasteiger partial charge in [-0.1, -0.05) is 20.3 Å². The fraction of sp³-hybridized carbons (Fsp3) is 1.00. The van der Waals surface area contributed by atoms with Gasteiger partial charge in [0.2, 0.25) is 0 Å². The summed E-state index contributed by atoms with van der Waals surface area (Å²) in [5.74, 6) is 0.749. The highest BCUT2D eigenvalue weighted by molar-refractivity contribution is 4.80. The van der Waals surface area contributed by atoms with E-state index < -0.39 is 0 Å². The maximum absolute atomic E-state index is 5.18. The topological polar surface area (TPSA) is 24.5 Å². The Kier molecular flexibility index (Phi) is 8.64. The summed E-state index contributed by atoms with van der Waals surface area (Å²) in [7, 11) is 1.79. The summed E-state index contributed by atoms with van der Waals surface area (Å²) >= 11 is 0. The lowest BCUT2D eigenvalue weighted by atomic mass is 10.2. The Bertz CT molecular complexity index is 193. The number of nitrogens with one attached hydrogen (secondary N) is 1. The third-order valence-electron chi connectivity index (χ3n) is 3.40. The largest absolute Gasteiger partial charge is 0.383 e. The molecule has 0 saturated heterocycles. The standard InChI is InChI=1S/C15H32N2O/c1-14(2)13-17(11-12-18-3)10-6-4-5-9-16-15-7-8-15/h14-16H,4-13H2,1-3H3. The molecule has 0 heterocycles. The third-order valence-corrected chi connectivity index (χ3v) is 3.40. The minimum Gasteiger partial charge on any atom is -0.383 e. The fourth-order valence-electron chi connectivity index (χ4n) is 2.26. The second kappa shape index (κ2) is 9.76. The van der Waals surface area contributed by atoms with Crippen molar-refractivity contribution in [3.05, 3.63) is 0 Å². The van der Waals surface area contributed by atoms with Crippen LogP contribution in [-0.4, -0.2) is 50.8 Å². The maximum atomic E-state index is 5.18. The highest BCUT2D eigenvalue weighted by atomic mass is 16.5. The van der Waals surface area contributed by atoms with E-state index in [2.05, 4.69) is 24.1 Å². The molecule has 0 aromatic rings. The molecule has 108 valence electrons. The zero-order chi connectivity index (χ0) is 13.2. The van der Waals surface area contributed by atoms with Gasteiger partial charge < -0.3 is 15.0 Å². The van der Waals surface area contributed by atoms with E-state index in [1.165, 1.54) is 51.7 Å². The SMILES string of the molecule is COCCN(CCCCCNC1CC1)CC(C)C. The molecule has 0 atom stereocenters. The summed E-state index contributed by atoms with van der Waals surface area (Å²) in [6.07, 6.45) is 6.80. The van der Waals surface area contributed by atoms with Crippen LogP contribution in [0, 0.1) is 5.92 Å². The van der Waals surface area contributed by atoms with Crippen LogP contribution in [0.1, 0.15) is 46.0 Å². The predicted molar refractivity (Wildman–Crippen MR) is 78.0 cm³/mol. The molecule has 0 unspecified atom stereocenters. The molecule has 0 aromatic carbocycles. The Labute approximate surface area is 113 Å². The molecule has 1 saturated carbocycles. The Hall–Kier alpha value is -0.120. The van der Waals surface area contributed by atoms with Crippen LogP contribution in [0.15, 0.2) is 0 Å². The van der Waals surface area contributed by atoms with Gasteiger partial charge >= 0.3 is 0 Å². The van der Waals surface area contributed by atoms with E-state index >= 15 is 0 Å². The van der Waals surface area contributed by atoms with Gasteiger partial charge in [0.25, 0.3) is 0 Å². The van der Waals surface area contributed by atoms with Crippen molar-refractivity contribution in [2.75, 3.05) is 39.9 Å². The molecule has 0 bridgehead atoms. The van der Waals surface area contributed by atoms with Gasteiger partial charge in [-0.3, -0.25) is 0 Å². The normalized spacial score (nSPS) is 15.8. The number of rotatable bonds is 12. The van der Waals surface area contributed by atoms with E-state index in [-0.39, 0.29) is 0 Å². The van der Waals surface area contributed by atoms with Crippen LogP contribution in [0.3, 0.4) is 0 Å². The van der Waals surface area contributed by atoms with Crippen LogP contribution >= 0.6 is 0 Å².